The molecule has 1 aromatic carbocycles. The van der Waals surface area contributed by atoms with E-state index in [1.54, 1.807) is 29.2 Å². The minimum Gasteiger partial charge on any atom is -0.480 e. The number of hydrogen-bond acceptors (Lipinski definition) is 3. The number of aliphatic carboxylic acids is 1. The Morgan fingerprint density at radius 3 is 2.00 bits per heavy atom. The lowest BCUT2D eigenvalue weighted by atomic mass is 10.1. The quantitative estimate of drug-likeness (QED) is 0.834. The first-order valence-corrected chi connectivity index (χ1v) is 7.38. The largest absolute Gasteiger partial charge is 0.480 e. The van der Waals surface area contributed by atoms with Crippen molar-refractivity contribution in [2.45, 2.75) is 32.2 Å². The molecule has 0 heterocycles. The molecule has 118 valence electrons. The number of nitrogens with zero attached hydrogens (tertiary/aromatic N) is 1. The molecular formula is C16H20N2O4. The molecule has 0 aliphatic heterocycles. The number of rotatable bonds is 6. The van der Waals surface area contributed by atoms with Crippen molar-refractivity contribution in [3.63, 3.8) is 0 Å². The van der Waals surface area contributed by atoms with Crippen LogP contribution in [-0.4, -0.2) is 46.4 Å². The van der Waals surface area contributed by atoms with Gasteiger partial charge in [0.05, 0.1) is 0 Å². The van der Waals surface area contributed by atoms with Gasteiger partial charge in [0.25, 0.3) is 11.8 Å². The average molecular weight is 304 g/mol. The van der Waals surface area contributed by atoms with E-state index in [4.69, 9.17) is 5.11 Å². The first kappa shape index (κ1) is 16.0. The van der Waals surface area contributed by atoms with E-state index in [2.05, 4.69) is 5.32 Å². The lowest BCUT2D eigenvalue weighted by Crippen LogP contribution is -2.43. The Labute approximate surface area is 129 Å². The highest BCUT2D eigenvalue weighted by Crippen LogP contribution is 2.35. The van der Waals surface area contributed by atoms with Crippen LogP contribution in [0.5, 0.6) is 0 Å². The highest BCUT2D eigenvalue weighted by molar-refractivity contribution is 6.00. The summed E-state index contributed by atoms with van der Waals surface area (Å²) < 4.78 is 0. The smallest absolute Gasteiger partial charge is 0.329 e. The maximum Gasteiger partial charge on any atom is 0.329 e. The fourth-order valence-corrected chi connectivity index (χ4v) is 2.26. The van der Waals surface area contributed by atoms with E-state index in [9.17, 15) is 14.4 Å². The maximum atomic E-state index is 12.2. The van der Waals surface area contributed by atoms with Crippen LogP contribution in [-0.2, 0) is 4.79 Å². The second-order valence-corrected chi connectivity index (χ2v) is 5.40. The molecule has 2 N–H and O–H groups in total. The molecule has 0 spiro atoms. The Bertz CT molecular complexity index is 587. The van der Waals surface area contributed by atoms with Gasteiger partial charge in [-0.2, -0.15) is 0 Å². The van der Waals surface area contributed by atoms with Crippen LogP contribution in [0.15, 0.2) is 24.3 Å². The van der Waals surface area contributed by atoms with Crippen molar-refractivity contribution >= 4 is 17.8 Å². The molecule has 0 saturated heterocycles. The van der Waals surface area contributed by atoms with Gasteiger partial charge in [-0.15, -0.1) is 0 Å². The summed E-state index contributed by atoms with van der Waals surface area (Å²) in [6, 6.07) is 6.28. The molecular weight excluding hydrogens is 284 g/mol. The zero-order valence-corrected chi connectivity index (χ0v) is 12.8. The van der Waals surface area contributed by atoms with Crippen LogP contribution in [0.25, 0.3) is 0 Å². The van der Waals surface area contributed by atoms with Crippen LogP contribution >= 0.6 is 0 Å². The zero-order valence-electron chi connectivity index (χ0n) is 12.8. The van der Waals surface area contributed by atoms with Gasteiger partial charge in [-0.05, 0) is 51.0 Å². The molecule has 0 atom stereocenters. The second kappa shape index (κ2) is 6.17. The SMILES string of the molecule is CCN(CC)C(=O)c1ccc(C(=O)NC2(C(=O)O)CC2)cc1. The van der Waals surface area contributed by atoms with Crippen LogP contribution in [0.1, 0.15) is 47.4 Å². The van der Waals surface area contributed by atoms with Crippen LogP contribution in [0.3, 0.4) is 0 Å². The van der Waals surface area contributed by atoms with Crippen LogP contribution in [0.2, 0.25) is 0 Å². The molecule has 0 aromatic heterocycles. The Morgan fingerprint density at radius 1 is 1.09 bits per heavy atom. The van der Waals surface area contributed by atoms with Gasteiger partial charge < -0.3 is 15.3 Å². The van der Waals surface area contributed by atoms with Crippen molar-refractivity contribution in [2.24, 2.45) is 0 Å². The molecule has 1 saturated carbocycles. The van der Waals surface area contributed by atoms with Crippen molar-refractivity contribution in [2.75, 3.05) is 13.1 Å². The summed E-state index contributed by atoms with van der Waals surface area (Å²) in [6.45, 7) is 5.06. The molecule has 6 nitrogen and oxygen atoms in total. The minimum atomic E-state index is -1.10. The molecule has 1 aromatic rings. The number of hydrogen-bond donors (Lipinski definition) is 2. The maximum absolute atomic E-state index is 12.2. The van der Waals surface area contributed by atoms with E-state index in [0.29, 0.717) is 37.1 Å². The van der Waals surface area contributed by atoms with Gasteiger partial charge >= 0.3 is 5.97 Å². The Balaban J connectivity index is 2.07. The van der Waals surface area contributed by atoms with Crippen molar-refractivity contribution in [3.05, 3.63) is 35.4 Å². The monoisotopic (exact) mass is 304 g/mol. The van der Waals surface area contributed by atoms with Gasteiger partial charge in [-0.1, -0.05) is 0 Å². The molecule has 6 heteroatoms. The number of benzene rings is 1. The van der Waals surface area contributed by atoms with Gasteiger partial charge in [0.1, 0.15) is 5.54 Å². The fraction of sp³-hybridized carbons (Fsp3) is 0.438. The van der Waals surface area contributed by atoms with E-state index in [1.807, 2.05) is 13.8 Å². The number of amides is 2. The number of carbonyl (C=O) groups is 3. The molecule has 1 fully saturated rings. The third-order valence-corrected chi connectivity index (χ3v) is 3.96. The zero-order chi connectivity index (χ0) is 16.3. The molecule has 2 amide bonds. The predicted molar refractivity (Wildman–Crippen MR) is 80.8 cm³/mol. The molecule has 1 aliphatic rings. The van der Waals surface area contributed by atoms with E-state index in [1.165, 1.54) is 0 Å². The van der Waals surface area contributed by atoms with Crippen molar-refractivity contribution < 1.29 is 19.5 Å². The summed E-state index contributed by atoms with van der Waals surface area (Å²) >= 11 is 0. The molecule has 2 rings (SSSR count). The van der Waals surface area contributed by atoms with Crippen molar-refractivity contribution in [3.8, 4) is 0 Å². The summed E-state index contributed by atoms with van der Waals surface area (Å²) in [5.74, 6) is -1.52. The Morgan fingerprint density at radius 2 is 1.59 bits per heavy atom. The molecule has 0 unspecified atom stereocenters. The summed E-state index contributed by atoms with van der Waals surface area (Å²) in [4.78, 5) is 37.0. The van der Waals surface area contributed by atoms with E-state index < -0.39 is 17.4 Å². The second-order valence-electron chi connectivity index (χ2n) is 5.40. The van der Waals surface area contributed by atoms with Gasteiger partial charge in [-0.25, -0.2) is 4.79 Å². The van der Waals surface area contributed by atoms with Crippen molar-refractivity contribution in [1.82, 2.24) is 10.2 Å². The first-order chi connectivity index (χ1) is 10.4. The average Bonchev–Trinajstić information content (AvgIpc) is 3.29. The number of carbonyl (C=O) groups excluding carboxylic acids is 2. The lowest BCUT2D eigenvalue weighted by Gasteiger charge is -2.18. The summed E-state index contributed by atoms with van der Waals surface area (Å²) in [6.07, 6.45) is 0.902. The highest BCUT2D eigenvalue weighted by atomic mass is 16.4. The highest BCUT2D eigenvalue weighted by Gasteiger charge is 2.51. The van der Waals surface area contributed by atoms with Gasteiger partial charge in [0, 0.05) is 24.2 Å². The minimum absolute atomic E-state index is 0.0823. The van der Waals surface area contributed by atoms with Crippen molar-refractivity contribution in [1.29, 1.82) is 0 Å². The van der Waals surface area contributed by atoms with Gasteiger partial charge in [0.2, 0.25) is 0 Å². The van der Waals surface area contributed by atoms with Crippen LogP contribution in [0.4, 0.5) is 0 Å². The van der Waals surface area contributed by atoms with E-state index >= 15 is 0 Å². The standard InChI is InChI=1S/C16H20N2O4/c1-3-18(4-2)14(20)12-7-5-11(6-8-12)13(19)17-16(9-10-16)15(21)22/h5-8H,3-4,9-10H2,1-2H3,(H,17,19)(H,21,22). The molecule has 0 bridgehead atoms. The summed E-state index contributed by atoms with van der Waals surface area (Å²) in [7, 11) is 0. The molecule has 22 heavy (non-hydrogen) atoms. The lowest BCUT2D eigenvalue weighted by molar-refractivity contribution is -0.140. The Hall–Kier alpha value is -2.37. The Kier molecular flexibility index (Phi) is 4.49. The third-order valence-electron chi connectivity index (χ3n) is 3.96. The number of carboxylic acid groups (broad SMARTS) is 1. The third kappa shape index (κ3) is 3.10. The van der Waals surface area contributed by atoms with Gasteiger partial charge in [0.15, 0.2) is 0 Å². The van der Waals surface area contributed by atoms with Crippen LogP contribution < -0.4 is 5.32 Å². The normalized spacial score (nSPS) is 15.0. The topological polar surface area (TPSA) is 86.7 Å². The number of nitrogens with one attached hydrogen (secondary N) is 1. The summed E-state index contributed by atoms with van der Waals surface area (Å²) in [5, 5.41) is 11.6. The predicted octanol–water partition coefficient (Wildman–Crippen LogP) is 1.52. The molecule has 1 aliphatic carbocycles. The summed E-state index contributed by atoms with van der Waals surface area (Å²) in [5.41, 5.74) is -0.240. The van der Waals surface area contributed by atoms with Gasteiger partial charge in [-0.3, -0.25) is 9.59 Å². The fourth-order valence-electron chi connectivity index (χ4n) is 2.26. The van der Waals surface area contributed by atoms with E-state index in [0.717, 1.165) is 0 Å². The molecule has 0 radical (unpaired) electrons. The van der Waals surface area contributed by atoms with E-state index in [-0.39, 0.29) is 5.91 Å². The first-order valence-electron chi connectivity index (χ1n) is 7.38. The van der Waals surface area contributed by atoms with Crippen LogP contribution in [0, 0.1) is 0 Å². The number of carboxylic acids is 1.